The van der Waals surface area contributed by atoms with Crippen LogP contribution in [-0.4, -0.2) is 29.2 Å². The van der Waals surface area contributed by atoms with Crippen molar-refractivity contribution in [2.24, 2.45) is 0 Å². The number of hydrogen-bond acceptors (Lipinski definition) is 2. The minimum absolute atomic E-state index is 0.310. The molecule has 1 aromatic carbocycles. The van der Waals surface area contributed by atoms with Crippen molar-refractivity contribution in [3.8, 4) is 0 Å². The monoisotopic (exact) mass is 267 g/mol. The van der Waals surface area contributed by atoms with E-state index >= 15 is 0 Å². The Hall–Kier alpha value is -0.570. The van der Waals surface area contributed by atoms with E-state index in [1.54, 1.807) is 0 Å². The molecule has 1 fully saturated rings. The number of nitrogens with zero attached hydrogens (tertiary/aromatic N) is 1. The van der Waals surface area contributed by atoms with E-state index in [1.807, 2.05) is 6.07 Å². The van der Waals surface area contributed by atoms with Crippen LogP contribution in [0.1, 0.15) is 36.8 Å². The fraction of sp³-hybridized carbons (Fsp3) is 0.600. The number of rotatable bonds is 5. The van der Waals surface area contributed by atoms with Gasteiger partial charge in [-0.3, -0.25) is 4.90 Å². The third-order valence-corrected chi connectivity index (χ3v) is 4.23. The Kier molecular flexibility index (Phi) is 5.04. The molecule has 0 aliphatic carbocycles. The Balaban J connectivity index is 1.96. The molecular formula is C15H22ClNO. The molecule has 0 spiro atoms. The van der Waals surface area contributed by atoms with Crippen molar-refractivity contribution in [2.45, 2.75) is 45.2 Å². The molecule has 1 unspecified atom stereocenters. The molecule has 2 rings (SSSR count). The molecular weight excluding hydrogens is 246 g/mol. The number of likely N-dealkylation sites (tertiary alicyclic amines) is 1. The zero-order valence-electron chi connectivity index (χ0n) is 11.0. The molecule has 1 aromatic rings. The van der Waals surface area contributed by atoms with Crippen molar-refractivity contribution in [2.75, 3.05) is 13.2 Å². The maximum absolute atomic E-state index is 8.94. The molecule has 3 heteroatoms. The van der Waals surface area contributed by atoms with Gasteiger partial charge in [0, 0.05) is 24.2 Å². The topological polar surface area (TPSA) is 23.5 Å². The molecule has 1 atom stereocenters. The van der Waals surface area contributed by atoms with Crippen LogP contribution in [0.5, 0.6) is 0 Å². The highest BCUT2D eigenvalue weighted by Crippen LogP contribution is 2.24. The minimum Gasteiger partial charge on any atom is -0.396 e. The lowest BCUT2D eigenvalue weighted by Crippen LogP contribution is -2.29. The Morgan fingerprint density at radius 2 is 2.28 bits per heavy atom. The summed E-state index contributed by atoms with van der Waals surface area (Å²) in [4.78, 5) is 2.54. The summed E-state index contributed by atoms with van der Waals surface area (Å²) in [6, 6.07) is 6.94. The highest BCUT2D eigenvalue weighted by molar-refractivity contribution is 6.31. The van der Waals surface area contributed by atoms with E-state index in [1.165, 1.54) is 24.9 Å². The molecule has 1 N–H and O–H groups in total. The number of hydrogen-bond donors (Lipinski definition) is 1. The first-order valence-electron chi connectivity index (χ1n) is 6.80. The summed E-state index contributed by atoms with van der Waals surface area (Å²) in [5.41, 5.74) is 2.49. The van der Waals surface area contributed by atoms with Crippen LogP contribution in [0.25, 0.3) is 0 Å². The van der Waals surface area contributed by atoms with Crippen molar-refractivity contribution >= 4 is 11.6 Å². The maximum Gasteiger partial charge on any atom is 0.0435 e. The number of aliphatic hydroxyl groups excluding tert-OH is 1. The number of aliphatic hydroxyl groups is 1. The Morgan fingerprint density at radius 1 is 1.44 bits per heavy atom. The predicted molar refractivity (Wildman–Crippen MR) is 75.9 cm³/mol. The Morgan fingerprint density at radius 3 is 3.00 bits per heavy atom. The summed E-state index contributed by atoms with van der Waals surface area (Å²) < 4.78 is 0. The van der Waals surface area contributed by atoms with Gasteiger partial charge in [0.2, 0.25) is 0 Å². The fourth-order valence-electron chi connectivity index (χ4n) is 2.80. The molecule has 1 heterocycles. The van der Waals surface area contributed by atoms with Crippen LogP contribution >= 0.6 is 11.6 Å². The zero-order valence-corrected chi connectivity index (χ0v) is 11.8. The van der Waals surface area contributed by atoms with Crippen molar-refractivity contribution in [1.29, 1.82) is 0 Å². The molecule has 1 aliphatic rings. The van der Waals surface area contributed by atoms with E-state index in [-0.39, 0.29) is 0 Å². The minimum atomic E-state index is 0.310. The van der Waals surface area contributed by atoms with E-state index in [2.05, 4.69) is 24.0 Å². The van der Waals surface area contributed by atoms with Crippen LogP contribution in [0, 0.1) is 6.92 Å². The van der Waals surface area contributed by atoms with Gasteiger partial charge in [-0.15, -0.1) is 0 Å². The van der Waals surface area contributed by atoms with Crippen LogP contribution < -0.4 is 0 Å². The van der Waals surface area contributed by atoms with Gasteiger partial charge in [-0.1, -0.05) is 23.7 Å². The second-order valence-electron chi connectivity index (χ2n) is 5.22. The van der Waals surface area contributed by atoms with Crippen LogP contribution in [0.4, 0.5) is 0 Å². The molecule has 1 saturated heterocycles. The molecule has 0 amide bonds. The first-order valence-corrected chi connectivity index (χ1v) is 7.18. The summed E-state index contributed by atoms with van der Waals surface area (Å²) in [7, 11) is 0. The van der Waals surface area contributed by atoms with Gasteiger partial charge in [-0.2, -0.15) is 0 Å². The van der Waals surface area contributed by atoms with E-state index in [0.717, 1.165) is 30.0 Å². The highest BCUT2D eigenvalue weighted by atomic mass is 35.5. The standard InChI is InChI=1S/C15H22ClNO/c1-12-10-13(6-7-15(12)16)11-17-8-2-4-14(17)5-3-9-18/h6-7,10,14,18H,2-5,8-9,11H2,1H3. The molecule has 100 valence electrons. The van der Waals surface area contributed by atoms with Gasteiger partial charge in [-0.05, 0) is 56.3 Å². The van der Waals surface area contributed by atoms with Crippen molar-refractivity contribution in [3.05, 3.63) is 34.3 Å². The SMILES string of the molecule is Cc1cc(CN2CCCC2CCCO)ccc1Cl. The lowest BCUT2D eigenvalue weighted by atomic mass is 10.1. The van der Waals surface area contributed by atoms with Gasteiger partial charge < -0.3 is 5.11 Å². The summed E-state index contributed by atoms with van der Waals surface area (Å²) in [6.07, 6.45) is 4.58. The quantitative estimate of drug-likeness (QED) is 0.884. The lowest BCUT2D eigenvalue weighted by molar-refractivity contribution is 0.210. The molecule has 18 heavy (non-hydrogen) atoms. The van der Waals surface area contributed by atoms with Gasteiger partial charge in [0.25, 0.3) is 0 Å². The predicted octanol–water partition coefficient (Wildman–Crippen LogP) is 3.39. The fourth-order valence-corrected chi connectivity index (χ4v) is 2.91. The van der Waals surface area contributed by atoms with E-state index in [0.29, 0.717) is 12.6 Å². The smallest absolute Gasteiger partial charge is 0.0435 e. The highest BCUT2D eigenvalue weighted by Gasteiger charge is 2.23. The Labute approximate surface area is 115 Å². The largest absolute Gasteiger partial charge is 0.396 e. The normalized spacial score (nSPS) is 20.5. The maximum atomic E-state index is 8.94. The number of aryl methyl sites for hydroxylation is 1. The van der Waals surface area contributed by atoms with Gasteiger partial charge >= 0.3 is 0 Å². The second-order valence-corrected chi connectivity index (χ2v) is 5.62. The van der Waals surface area contributed by atoms with Gasteiger partial charge in [0.15, 0.2) is 0 Å². The summed E-state index contributed by atoms with van der Waals surface area (Å²) in [5.74, 6) is 0. The Bertz CT molecular complexity index is 394. The third-order valence-electron chi connectivity index (χ3n) is 3.80. The third kappa shape index (κ3) is 3.47. The van der Waals surface area contributed by atoms with Gasteiger partial charge in [-0.25, -0.2) is 0 Å². The van der Waals surface area contributed by atoms with Gasteiger partial charge in [0.05, 0.1) is 0 Å². The molecule has 0 aromatic heterocycles. The molecule has 1 aliphatic heterocycles. The molecule has 0 radical (unpaired) electrons. The van der Waals surface area contributed by atoms with Crippen LogP contribution in [0.2, 0.25) is 5.02 Å². The first kappa shape index (κ1) is 13.9. The lowest BCUT2D eigenvalue weighted by Gasteiger charge is -2.24. The van der Waals surface area contributed by atoms with Crippen molar-refractivity contribution in [3.63, 3.8) is 0 Å². The number of halogens is 1. The number of benzene rings is 1. The molecule has 0 saturated carbocycles. The average molecular weight is 268 g/mol. The van der Waals surface area contributed by atoms with Gasteiger partial charge in [0.1, 0.15) is 0 Å². The van der Waals surface area contributed by atoms with Crippen molar-refractivity contribution in [1.82, 2.24) is 4.90 Å². The summed E-state index contributed by atoms with van der Waals surface area (Å²) in [5, 5.41) is 9.78. The summed E-state index contributed by atoms with van der Waals surface area (Å²) in [6.45, 7) is 4.55. The molecule has 2 nitrogen and oxygen atoms in total. The molecule has 0 bridgehead atoms. The first-order chi connectivity index (χ1) is 8.70. The van der Waals surface area contributed by atoms with Crippen LogP contribution in [0.3, 0.4) is 0 Å². The summed E-state index contributed by atoms with van der Waals surface area (Å²) >= 11 is 6.05. The van der Waals surface area contributed by atoms with Crippen LogP contribution in [0.15, 0.2) is 18.2 Å². The zero-order chi connectivity index (χ0) is 13.0. The van der Waals surface area contributed by atoms with E-state index in [9.17, 15) is 0 Å². The van der Waals surface area contributed by atoms with Crippen molar-refractivity contribution < 1.29 is 5.11 Å². The van der Waals surface area contributed by atoms with Crippen LogP contribution in [-0.2, 0) is 6.54 Å². The second kappa shape index (κ2) is 6.55. The average Bonchev–Trinajstić information content (AvgIpc) is 2.79. The van der Waals surface area contributed by atoms with E-state index < -0.39 is 0 Å². The van der Waals surface area contributed by atoms with E-state index in [4.69, 9.17) is 16.7 Å².